The van der Waals surface area contributed by atoms with Gasteiger partial charge in [-0.2, -0.15) is 0 Å². The number of aryl methyl sites for hydroxylation is 1. The van der Waals surface area contributed by atoms with Crippen LogP contribution >= 0.6 is 0 Å². The maximum Gasteiger partial charge on any atom is 0.345 e. The summed E-state index contributed by atoms with van der Waals surface area (Å²) in [6, 6.07) is 4.16. The molecule has 1 N–H and O–H groups in total. The first-order valence-electron chi connectivity index (χ1n) is 5.90. The molecule has 19 heavy (non-hydrogen) atoms. The largest absolute Gasteiger partial charge is 0.478 e. The molecule has 0 unspecified atom stereocenters. The minimum absolute atomic E-state index is 0.0192. The summed E-state index contributed by atoms with van der Waals surface area (Å²) >= 11 is 0. The van der Waals surface area contributed by atoms with Gasteiger partial charge in [-0.1, -0.05) is 19.9 Å². The highest BCUT2D eigenvalue weighted by molar-refractivity contribution is 5.99. The minimum atomic E-state index is -1.12. The Balaban J connectivity index is 2.86. The van der Waals surface area contributed by atoms with Crippen LogP contribution in [-0.2, 0) is 9.53 Å². The molecule has 0 heterocycles. The van der Waals surface area contributed by atoms with Gasteiger partial charge in [0.25, 0.3) is 0 Å². The van der Waals surface area contributed by atoms with Crippen molar-refractivity contribution in [2.24, 2.45) is 5.92 Å². The van der Waals surface area contributed by atoms with Crippen LogP contribution < -0.4 is 0 Å². The first kappa shape index (κ1) is 14.9. The normalized spacial score (nSPS) is 10.3. The summed E-state index contributed by atoms with van der Waals surface area (Å²) in [6.07, 6.45) is 0.142. The Kier molecular flexibility index (Phi) is 4.80. The number of benzene rings is 1. The van der Waals surface area contributed by atoms with Crippen molar-refractivity contribution in [3.8, 4) is 0 Å². The Morgan fingerprint density at radius 2 is 1.89 bits per heavy atom. The fourth-order valence-electron chi connectivity index (χ4n) is 1.52. The molecule has 1 aromatic rings. The standard InChI is InChI=1S/C14H16O5/c1-8(2)6-12(15)19-14(18)10-5-4-9(3)11(7-10)13(16)17/h4-5,7-8H,6H2,1-3H3,(H,16,17). The topological polar surface area (TPSA) is 80.7 Å². The maximum absolute atomic E-state index is 11.7. The number of esters is 2. The van der Waals surface area contributed by atoms with Gasteiger partial charge in [0.2, 0.25) is 0 Å². The predicted octanol–water partition coefficient (Wildman–Crippen LogP) is 2.42. The SMILES string of the molecule is Cc1ccc(C(=O)OC(=O)CC(C)C)cc1C(=O)O. The molecular weight excluding hydrogens is 248 g/mol. The molecule has 5 heteroatoms. The number of aromatic carboxylic acids is 1. The minimum Gasteiger partial charge on any atom is -0.478 e. The highest BCUT2D eigenvalue weighted by Crippen LogP contribution is 2.13. The molecule has 0 aromatic heterocycles. The van der Waals surface area contributed by atoms with E-state index in [0.717, 1.165) is 0 Å². The molecule has 0 fully saturated rings. The summed E-state index contributed by atoms with van der Waals surface area (Å²) in [4.78, 5) is 34.0. The van der Waals surface area contributed by atoms with Crippen LogP contribution in [0.4, 0.5) is 0 Å². The summed E-state index contributed by atoms with van der Waals surface area (Å²) in [5.74, 6) is -2.47. The summed E-state index contributed by atoms with van der Waals surface area (Å²) in [7, 11) is 0. The molecule has 0 radical (unpaired) electrons. The second-order valence-electron chi connectivity index (χ2n) is 4.69. The third kappa shape index (κ3) is 4.21. The number of ether oxygens (including phenoxy) is 1. The Morgan fingerprint density at radius 1 is 1.26 bits per heavy atom. The third-order valence-electron chi connectivity index (χ3n) is 2.49. The van der Waals surface area contributed by atoms with Crippen molar-refractivity contribution >= 4 is 17.9 Å². The quantitative estimate of drug-likeness (QED) is 0.667. The van der Waals surface area contributed by atoms with E-state index in [-0.39, 0.29) is 23.5 Å². The molecule has 0 amide bonds. The zero-order chi connectivity index (χ0) is 14.6. The van der Waals surface area contributed by atoms with Gasteiger partial charge in [0.05, 0.1) is 11.1 Å². The lowest BCUT2D eigenvalue weighted by Crippen LogP contribution is -2.15. The van der Waals surface area contributed by atoms with Crippen LogP contribution in [0.3, 0.4) is 0 Å². The average Bonchev–Trinajstić information content (AvgIpc) is 2.27. The van der Waals surface area contributed by atoms with Crippen LogP contribution in [0.1, 0.15) is 46.5 Å². The molecule has 0 saturated carbocycles. The number of rotatable bonds is 4. The molecule has 0 atom stereocenters. The number of carbonyl (C=O) groups excluding carboxylic acids is 2. The predicted molar refractivity (Wildman–Crippen MR) is 68.0 cm³/mol. The molecule has 0 saturated heterocycles. The van der Waals surface area contributed by atoms with E-state index in [1.165, 1.54) is 18.2 Å². The van der Waals surface area contributed by atoms with Gasteiger partial charge in [-0.15, -0.1) is 0 Å². The number of carboxylic acid groups (broad SMARTS) is 1. The first-order valence-corrected chi connectivity index (χ1v) is 5.90. The molecule has 0 bridgehead atoms. The Labute approximate surface area is 111 Å². The smallest absolute Gasteiger partial charge is 0.345 e. The Hall–Kier alpha value is -2.17. The van der Waals surface area contributed by atoms with Crippen LogP contribution in [-0.4, -0.2) is 23.0 Å². The monoisotopic (exact) mass is 264 g/mol. The van der Waals surface area contributed by atoms with Crippen LogP contribution in [0, 0.1) is 12.8 Å². The lowest BCUT2D eigenvalue weighted by molar-refractivity contribution is -0.138. The molecular formula is C14H16O5. The van der Waals surface area contributed by atoms with E-state index in [2.05, 4.69) is 4.74 Å². The molecule has 5 nitrogen and oxygen atoms in total. The lowest BCUT2D eigenvalue weighted by Gasteiger charge is -2.06. The van der Waals surface area contributed by atoms with Crippen LogP contribution in [0.25, 0.3) is 0 Å². The van der Waals surface area contributed by atoms with Crippen molar-refractivity contribution in [1.29, 1.82) is 0 Å². The van der Waals surface area contributed by atoms with Crippen LogP contribution in [0.2, 0.25) is 0 Å². The van der Waals surface area contributed by atoms with Gasteiger partial charge in [-0.25, -0.2) is 9.59 Å². The fraction of sp³-hybridized carbons (Fsp3) is 0.357. The highest BCUT2D eigenvalue weighted by Gasteiger charge is 2.17. The Bertz CT molecular complexity index is 517. The maximum atomic E-state index is 11.7. The molecule has 0 aliphatic heterocycles. The number of hydrogen-bond donors (Lipinski definition) is 1. The summed E-state index contributed by atoms with van der Waals surface area (Å²) in [6.45, 7) is 5.29. The van der Waals surface area contributed by atoms with E-state index in [9.17, 15) is 14.4 Å². The number of carboxylic acids is 1. The molecule has 0 spiro atoms. The van der Waals surface area contributed by atoms with Crippen molar-refractivity contribution in [1.82, 2.24) is 0 Å². The van der Waals surface area contributed by atoms with Gasteiger partial charge in [0.15, 0.2) is 0 Å². The van der Waals surface area contributed by atoms with Crippen molar-refractivity contribution in [3.05, 3.63) is 34.9 Å². The number of hydrogen-bond acceptors (Lipinski definition) is 4. The summed E-state index contributed by atoms with van der Waals surface area (Å²) in [5.41, 5.74) is 0.614. The van der Waals surface area contributed by atoms with E-state index >= 15 is 0 Å². The Morgan fingerprint density at radius 3 is 2.42 bits per heavy atom. The van der Waals surface area contributed by atoms with Gasteiger partial charge >= 0.3 is 17.9 Å². The van der Waals surface area contributed by atoms with Crippen molar-refractivity contribution in [2.45, 2.75) is 27.2 Å². The summed E-state index contributed by atoms with van der Waals surface area (Å²) in [5, 5.41) is 8.95. The van der Waals surface area contributed by atoms with Gasteiger partial charge < -0.3 is 9.84 Å². The van der Waals surface area contributed by atoms with E-state index in [4.69, 9.17) is 5.11 Å². The van der Waals surface area contributed by atoms with E-state index < -0.39 is 17.9 Å². The molecule has 1 rings (SSSR count). The first-order chi connectivity index (χ1) is 8.81. The second kappa shape index (κ2) is 6.13. The molecule has 102 valence electrons. The zero-order valence-corrected chi connectivity index (χ0v) is 11.1. The zero-order valence-electron chi connectivity index (χ0n) is 11.1. The number of carbonyl (C=O) groups is 3. The highest BCUT2D eigenvalue weighted by atomic mass is 16.6. The summed E-state index contributed by atoms with van der Waals surface area (Å²) < 4.78 is 4.65. The fourth-order valence-corrected chi connectivity index (χ4v) is 1.52. The van der Waals surface area contributed by atoms with Gasteiger partial charge in [-0.3, -0.25) is 4.79 Å². The van der Waals surface area contributed by atoms with Gasteiger partial charge in [-0.05, 0) is 30.5 Å². The van der Waals surface area contributed by atoms with Gasteiger partial charge in [0, 0.05) is 6.42 Å². The van der Waals surface area contributed by atoms with Crippen molar-refractivity contribution in [3.63, 3.8) is 0 Å². The van der Waals surface area contributed by atoms with Crippen LogP contribution in [0.15, 0.2) is 18.2 Å². The van der Waals surface area contributed by atoms with E-state index in [1.807, 2.05) is 13.8 Å². The molecule has 0 aliphatic carbocycles. The van der Waals surface area contributed by atoms with E-state index in [0.29, 0.717) is 5.56 Å². The average molecular weight is 264 g/mol. The van der Waals surface area contributed by atoms with Crippen LogP contribution in [0.5, 0.6) is 0 Å². The second-order valence-corrected chi connectivity index (χ2v) is 4.69. The van der Waals surface area contributed by atoms with Crippen molar-refractivity contribution in [2.75, 3.05) is 0 Å². The van der Waals surface area contributed by atoms with Gasteiger partial charge in [0.1, 0.15) is 0 Å². The third-order valence-corrected chi connectivity index (χ3v) is 2.49. The lowest BCUT2D eigenvalue weighted by atomic mass is 10.1. The van der Waals surface area contributed by atoms with Crippen molar-refractivity contribution < 1.29 is 24.2 Å². The molecule has 1 aromatic carbocycles. The molecule has 0 aliphatic rings. The van der Waals surface area contributed by atoms with E-state index in [1.54, 1.807) is 6.92 Å².